The Bertz CT molecular complexity index is 557. The average molecular weight is 285 g/mol. The molecule has 2 atom stereocenters. The van der Waals surface area contributed by atoms with E-state index in [4.69, 9.17) is 0 Å². The lowest BCUT2D eigenvalue weighted by Crippen LogP contribution is -2.46. The van der Waals surface area contributed by atoms with Crippen molar-refractivity contribution in [1.29, 1.82) is 0 Å². The van der Waals surface area contributed by atoms with Gasteiger partial charge in [0.2, 0.25) is 0 Å². The number of fused-ring (bicyclic) bond motifs is 2. The predicted octanol–water partition coefficient (Wildman–Crippen LogP) is 2.01. The number of amides is 1. The smallest absolute Gasteiger partial charge is 0.251 e. The minimum absolute atomic E-state index is 0.0870. The van der Waals surface area contributed by atoms with Crippen molar-refractivity contribution in [2.45, 2.75) is 44.2 Å². The Balaban J connectivity index is 1.46. The molecule has 3 aliphatic heterocycles. The third-order valence-electron chi connectivity index (χ3n) is 5.25. The first-order valence-electron chi connectivity index (χ1n) is 8.23. The molecule has 112 valence electrons. The number of nitrogens with one attached hydrogen (secondary N) is 2. The zero-order valence-corrected chi connectivity index (χ0v) is 12.4. The van der Waals surface area contributed by atoms with Crippen LogP contribution in [0, 0.1) is 0 Å². The van der Waals surface area contributed by atoms with Crippen LogP contribution in [0.1, 0.15) is 41.6 Å². The lowest BCUT2D eigenvalue weighted by molar-refractivity contribution is 0.0915. The quantitative estimate of drug-likeness (QED) is 0.873. The summed E-state index contributed by atoms with van der Waals surface area (Å²) in [6.07, 6.45) is 6.01. The van der Waals surface area contributed by atoms with Crippen LogP contribution in [0.25, 0.3) is 0 Å². The molecule has 3 heterocycles. The van der Waals surface area contributed by atoms with Gasteiger partial charge in [0.05, 0.1) is 0 Å². The summed E-state index contributed by atoms with van der Waals surface area (Å²) in [4.78, 5) is 15.1. The van der Waals surface area contributed by atoms with E-state index in [1.54, 1.807) is 0 Å². The summed E-state index contributed by atoms with van der Waals surface area (Å²) in [6.45, 7) is 3.33. The van der Waals surface area contributed by atoms with Crippen molar-refractivity contribution in [3.63, 3.8) is 0 Å². The van der Waals surface area contributed by atoms with Gasteiger partial charge in [0.1, 0.15) is 0 Å². The molecule has 3 aliphatic rings. The normalized spacial score (nSPS) is 27.8. The molecule has 21 heavy (non-hydrogen) atoms. The van der Waals surface area contributed by atoms with Gasteiger partial charge >= 0.3 is 0 Å². The van der Waals surface area contributed by atoms with Crippen molar-refractivity contribution < 1.29 is 4.79 Å². The average Bonchev–Trinajstić information content (AvgIpc) is 3.13. The fourth-order valence-electron chi connectivity index (χ4n) is 4.10. The molecule has 4 rings (SSSR count). The van der Waals surface area contributed by atoms with Gasteiger partial charge in [0, 0.05) is 36.4 Å². The molecular weight excluding hydrogens is 262 g/mol. The van der Waals surface area contributed by atoms with Gasteiger partial charge in [0.15, 0.2) is 0 Å². The minimum Gasteiger partial charge on any atom is -0.384 e. The van der Waals surface area contributed by atoms with Crippen LogP contribution in [0.4, 0.5) is 5.69 Å². The van der Waals surface area contributed by atoms with Crippen LogP contribution >= 0.6 is 0 Å². The van der Waals surface area contributed by atoms with Crippen molar-refractivity contribution in [2.24, 2.45) is 0 Å². The maximum atomic E-state index is 12.5. The highest BCUT2D eigenvalue weighted by Crippen LogP contribution is 2.28. The van der Waals surface area contributed by atoms with E-state index in [9.17, 15) is 4.79 Å². The summed E-state index contributed by atoms with van der Waals surface area (Å²) >= 11 is 0. The summed E-state index contributed by atoms with van der Waals surface area (Å²) in [6, 6.07) is 6.96. The third kappa shape index (κ3) is 2.42. The van der Waals surface area contributed by atoms with Crippen LogP contribution in [0.2, 0.25) is 0 Å². The van der Waals surface area contributed by atoms with Crippen molar-refractivity contribution in [3.8, 4) is 0 Å². The summed E-state index contributed by atoms with van der Waals surface area (Å²) in [5.41, 5.74) is 3.25. The van der Waals surface area contributed by atoms with Crippen molar-refractivity contribution in [3.05, 3.63) is 29.3 Å². The Hall–Kier alpha value is -1.55. The molecule has 2 saturated heterocycles. The van der Waals surface area contributed by atoms with E-state index in [1.807, 2.05) is 12.1 Å². The standard InChI is InChI=1S/C17H23N3O/c21-17(13-5-4-12-6-8-18-15(12)11-13)19-14-7-10-20-9-2-1-3-16(14)20/h4-5,11,14,16,18H,1-3,6-10H2,(H,19,21). The lowest BCUT2D eigenvalue weighted by Gasteiger charge is -2.32. The Morgan fingerprint density at radius 3 is 3.14 bits per heavy atom. The van der Waals surface area contributed by atoms with Gasteiger partial charge in [-0.25, -0.2) is 0 Å². The summed E-state index contributed by atoms with van der Waals surface area (Å²) in [7, 11) is 0. The lowest BCUT2D eigenvalue weighted by atomic mass is 9.98. The van der Waals surface area contributed by atoms with Gasteiger partial charge in [-0.3, -0.25) is 9.69 Å². The number of hydrogen-bond acceptors (Lipinski definition) is 3. The molecule has 1 aromatic rings. The maximum Gasteiger partial charge on any atom is 0.251 e. The number of rotatable bonds is 2. The second-order valence-electron chi connectivity index (χ2n) is 6.52. The first-order valence-corrected chi connectivity index (χ1v) is 8.23. The van der Waals surface area contributed by atoms with E-state index in [2.05, 4.69) is 21.6 Å². The first-order chi connectivity index (χ1) is 10.3. The summed E-state index contributed by atoms with van der Waals surface area (Å²) < 4.78 is 0. The fraction of sp³-hybridized carbons (Fsp3) is 0.588. The molecule has 0 radical (unpaired) electrons. The van der Waals surface area contributed by atoms with E-state index in [0.29, 0.717) is 12.1 Å². The van der Waals surface area contributed by atoms with E-state index in [1.165, 1.54) is 31.4 Å². The van der Waals surface area contributed by atoms with Crippen LogP contribution in [0.15, 0.2) is 18.2 Å². The van der Waals surface area contributed by atoms with E-state index >= 15 is 0 Å². The van der Waals surface area contributed by atoms with Crippen LogP contribution in [-0.4, -0.2) is 42.5 Å². The first kappa shape index (κ1) is 13.1. The molecule has 4 nitrogen and oxygen atoms in total. The zero-order valence-electron chi connectivity index (χ0n) is 12.4. The molecule has 2 fully saturated rings. The molecule has 4 heteroatoms. The van der Waals surface area contributed by atoms with Gasteiger partial charge in [0.25, 0.3) is 5.91 Å². The van der Waals surface area contributed by atoms with Gasteiger partial charge in [-0.2, -0.15) is 0 Å². The number of carbonyl (C=O) groups is 1. The molecule has 1 amide bonds. The number of nitrogens with zero attached hydrogens (tertiary/aromatic N) is 1. The number of benzene rings is 1. The largest absolute Gasteiger partial charge is 0.384 e. The minimum atomic E-state index is 0.0870. The Labute approximate surface area is 125 Å². The molecule has 2 N–H and O–H groups in total. The second kappa shape index (κ2) is 5.34. The SMILES string of the molecule is O=C(NC1CCN2CCCCC12)c1ccc2c(c1)NCC2. The molecular formula is C17H23N3O. The highest BCUT2D eigenvalue weighted by Gasteiger charge is 2.36. The molecule has 0 saturated carbocycles. The number of hydrogen-bond donors (Lipinski definition) is 2. The Morgan fingerprint density at radius 1 is 1.24 bits per heavy atom. The second-order valence-corrected chi connectivity index (χ2v) is 6.52. The van der Waals surface area contributed by atoms with Gasteiger partial charge in [-0.1, -0.05) is 12.5 Å². The van der Waals surface area contributed by atoms with E-state index in [-0.39, 0.29) is 5.91 Å². The van der Waals surface area contributed by atoms with Crippen molar-refractivity contribution >= 4 is 11.6 Å². The van der Waals surface area contributed by atoms with Gasteiger partial charge < -0.3 is 10.6 Å². The fourth-order valence-corrected chi connectivity index (χ4v) is 4.10. The molecule has 0 bridgehead atoms. The molecule has 0 aliphatic carbocycles. The van der Waals surface area contributed by atoms with Gasteiger partial charge in [-0.05, 0) is 49.9 Å². The van der Waals surface area contributed by atoms with Crippen molar-refractivity contribution in [1.82, 2.24) is 10.2 Å². The zero-order chi connectivity index (χ0) is 14.2. The number of anilines is 1. The highest BCUT2D eigenvalue weighted by molar-refractivity contribution is 5.95. The molecule has 1 aromatic carbocycles. The number of piperidine rings is 1. The van der Waals surface area contributed by atoms with Crippen LogP contribution in [0.5, 0.6) is 0 Å². The van der Waals surface area contributed by atoms with Crippen LogP contribution in [0.3, 0.4) is 0 Å². The van der Waals surface area contributed by atoms with E-state index in [0.717, 1.165) is 37.2 Å². The third-order valence-corrected chi connectivity index (χ3v) is 5.25. The number of carbonyl (C=O) groups excluding carboxylic acids is 1. The van der Waals surface area contributed by atoms with E-state index < -0.39 is 0 Å². The van der Waals surface area contributed by atoms with Crippen LogP contribution < -0.4 is 10.6 Å². The highest BCUT2D eigenvalue weighted by atomic mass is 16.1. The monoisotopic (exact) mass is 285 g/mol. The topological polar surface area (TPSA) is 44.4 Å². The Kier molecular flexibility index (Phi) is 3.34. The van der Waals surface area contributed by atoms with Gasteiger partial charge in [-0.15, -0.1) is 0 Å². The molecule has 0 aromatic heterocycles. The predicted molar refractivity (Wildman–Crippen MR) is 83.7 cm³/mol. The Morgan fingerprint density at radius 2 is 2.19 bits per heavy atom. The molecule has 0 spiro atoms. The van der Waals surface area contributed by atoms with Crippen LogP contribution in [-0.2, 0) is 6.42 Å². The summed E-state index contributed by atoms with van der Waals surface area (Å²) in [5.74, 6) is 0.0870. The molecule has 2 unspecified atom stereocenters. The summed E-state index contributed by atoms with van der Waals surface area (Å²) in [5, 5.41) is 6.62. The van der Waals surface area contributed by atoms with Crippen molar-refractivity contribution in [2.75, 3.05) is 25.0 Å². The maximum absolute atomic E-state index is 12.5.